The number of nitrogens with two attached hydrogens (primary N) is 1. The number of ether oxygens (including phenoxy) is 1. The maximum atomic E-state index is 10.2. The van der Waals surface area contributed by atoms with Crippen LogP contribution in [0.4, 0.5) is 5.82 Å². The van der Waals surface area contributed by atoms with Crippen molar-refractivity contribution in [3.8, 4) is 6.07 Å². The molecule has 4 atom stereocenters. The summed E-state index contributed by atoms with van der Waals surface area (Å²) < 4.78 is 6.75. The van der Waals surface area contributed by atoms with Gasteiger partial charge < -0.3 is 25.8 Å². The van der Waals surface area contributed by atoms with Crippen molar-refractivity contribution >= 4 is 11.3 Å². The summed E-state index contributed by atoms with van der Waals surface area (Å²) in [7, 11) is 0. The highest BCUT2D eigenvalue weighted by atomic mass is 16.6. The summed E-state index contributed by atoms with van der Waals surface area (Å²) in [5.74, 6) is 0.205. The van der Waals surface area contributed by atoms with E-state index in [2.05, 4.69) is 10.1 Å². The van der Waals surface area contributed by atoms with Gasteiger partial charge in [0.2, 0.25) is 5.60 Å². The Morgan fingerprint density at radius 1 is 1.48 bits per heavy atom. The molecule has 0 aromatic carbocycles. The first kappa shape index (κ1) is 13.7. The minimum Gasteiger partial charge on any atom is -0.394 e. The number of nitriles is 1. The Morgan fingerprint density at radius 3 is 2.86 bits per heavy atom. The molecule has 1 aliphatic rings. The molecule has 9 heteroatoms. The molecule has 1 fully saturated rings. The number of anilines is 1. The van der Waals surface area contributed by atoms with Gasteiger partial charge in [-0.05, 0) is 12.1 Å². The molecule has 3 rings (SSSR count). The zero-order valence-corrected chi connectivity index (χ0v) is 10.8. The number of rotatable bonds is 2. The predicted molar refractivity (Wildman–Crippen MR) is 68.7 cm³/mol. The van der Waals surface area contributed by atoms with Crippen molar-refractivity contribution in [2.75, 3.05) is 12.3 Å². The first-order valence-corrected chi connectivity index (χ1v) is 6.20. The van der Waals surface area contributed by atoms with Gasteiger partial charge in [-0.3, -0.25) is 0 Å². The molecular formula is C12H13N5O4. The molecule has 0 bridgehead atoms. The van der Waals surface area contributed by atoms with Crippen LogP contribution in [0, 0.1) is 11.3 Å². The molecule has 2 aromatic rings. The molecule has 21 heavy (non-hydrogen) atoms. The summed E-state index contributed by atoms with van der Waals surface area (Å²) in [4.78, 5) is 3.83. The first-order valence-electron chi connectivity index (χ1n) is 6.20. The summed E-state index contributed by atoms with van der Waals surface area (Å²) >= 11 is 0. The Kier molecular flexibility index (Phi) is 3.03. The van der Waals surface area contributed by atoms with Crippen molar-refractivity contribution in [1.82, 2.24) is 14.6 Å². The van der Waals surface area contributed by atoms with Crippen LogP contribution >= 0.6 is 0 Å². The lowest BCUT2D eigenvalue weighted by Gasteiger charge is -2.24. The molecular weight excluding hydrogens is 278 g/mol. The molecule has 0 spiro atoms. The summed E-state index contributed by atoms with van der Waals surface area (Å²) in [5.41, 5.74) is 4.52. The number of hydrogen-bond donors (Lipinski definition) is 4. The van der Waals surface area contributed by atoms with E-state index in [9.17, 15) is 20.6 Å². The highest BCUT2D eigenvalue weighted by Gasteiger charge is 2.57. The zero-order valence-electron chi connectivity index (χ0n) is 10.8. The van der Waals surface area contributed by atoms with Gasteiger partial charge in [0, 0.05) is 0 Å². The van der Waals surface area contributed by atoms with Gasteiger partial charge in [0.1, 0.15) is 36.2 Å². The van der Waals surface area contributed by atoms with E-state index in [1.165, 1.54) is 16.9 Å². The summed E-state index contributed by atoms with van der Waals surface area (Å²) in [6.45, 7) is -0.526. The Balaban J connectivity index is 2.20. The smallest absolute Gasteiger partial charge is 0.225 e. The Bertz CT molecular complexity index is 726. The van der Waals surface area contributed by atoms with Gasteiger partial charge in [-0.25, -0.2) is 9.50 Å². The lowest BCUT2D eigenvalue weighted by Crippen LogP contribution is -2.40. The fourth-order valence-electron chi connectivity index (χ4n) is 2.56. The van der Waals surface area contributed by atoms with E-state index in [0.29, 0.717) is 5.52 Å². The quantitative estimate of drug-likeness (QED) is 0.503. The predicted octanol–water partition coefficient (Wildman–Crippen LogP) is -1.86. The maximum absolute atomic E-state index is 10.2. The van der Waals surface area contributed by atoms with Crippen LogP contribution in [0.1, 0.15) is 5.69 Å². The fourth-order valence-corrected chi connectivity index (χ4v) is 2.56. The third-order valence-corrected chi connectivity index (χ3v) is 3.67. The maximum Gasteiger partial charge on any atom is 0.225 e. The fraction of sp³-hybridized carbons (Fsp3) is 0.417. The number of aromatic nitrogens is 3. The summed E-state index contributed by atoms with van der Waals surface area (Å²) in [5, 5.41) is 42.8. The molecule has 1 unspecified atom stereocenters. The van der Waals surface area contributed by atoms with Gasteiger partial charge in [-0.15, -0.1) is 0 Å². The number of aliphatic hydroxyl groups is 3. The third kappa shape index (κ3) is 1.71. The number of nitrogens with zero attached hydrogens (tertiary/aromatic N) is 4. The lowest BCUT2D eigenvalue weighted by molar-refractivity contribution is -0.0643. The van der Waals surface area contributed by atoms with Crippen molar-refractivity contribution < 1.29 is 20.1 Å². The second-order valence-electron chi connectivity index (χ2n) is 4.78. The van der Waals surface area contributed by atoms with Gasteiger partial charge in [0.15, 0.2) is 5.82 Å². The molecule has 5 N–H and O–H groups in total. The molecule has 9 nitrogen and oxygen atoms in total. The standard InChI is InChI=1S/C12H13N5O4/c13-4-12(10(20)9(19)7(3-18)21-12)8-2-1-6-11(14)15-5-16-17(6)8/h1-2,5,7,9-10,18-20H,3H2,(H2,14,15,16)/t7-,9-,10-,12?/m1/s1. The molecule has 1 aliphatic heterocycles. The molecule has 3 heterocycles. The van der Waals surface area contributed by atoms with E-state index < -0.39 is 30.5 Å². The van der Waals surface area contributed by atoms with Crippen molar-refractivity contribution in [3.63, 3.8) is 0 Å². The van der Waals surface area contributed by atoms with Crippen LogP contribution in [0.2, 0.25) is 0 Å². The largest absolute Gasteiger partial charge is 0.394 e. The van der Waals surface area contributed by atoms with Gasteiger partial charge >= 0.3 is 0 Å². The second kappa shape index (κ2) is 4.64. The van der Waals surface area contributed by atoms with Crippen LogP contribution in [-0.4, -0.2) is 54.8 Å². The van der Waals surface area contributed by atoms with Crippen LogP contribution in [0.3, 0.4) is 0 Å². The van der Waals surface area contributed by atoms with Crippen LogP contribution in [0.25, 0.3) is 5.52 Å². The molecule has 0 aliphatic carbocycles. The normalized spacial score (nSPS) is 32.4. The average molecular weight is 291 g/mol. The molecule has 1 saturated heterocycles. The topological polar surface area (TPSA) is 150 Å². The van der Waals surface area contributed by atoms with E-state index in [-0.39, 0.29) is 11.5 Å². The minimum atomic E-state index is -1.85. The second-order valence-corrected chi connectivity index (χ2v) is 4.78. The van der Waals surface area contributed by atoms with Gasteiger partial charge in [-0.2, -0.15) is 10.4 Å². The first-order chi connectivity index (χ1) is 10.0. The van der Waals surface area contributed by atoms with Crippen LogP contribution in [0.5, 0.6) is 0 Å². The van der Waals surface area contributed by atoms with Crippen molar-refractivity contribution in [1.29, 1.82) is 5.26 Å². The van der Waals surface area contributed by atoms with E-state index in [0.717, 1.165) is 0 Å². The van der Waals surface area contributed by atoms with Crippen molar-refractivity contribution in [3.05, 3.63) is 24.2 Å². The summed E-state index contributed by atoms with van der Waals surface area (Å²) in [6.07, 6.45) is -2.78. The molecule has 0 amide bonds. The van der Waals surface area contributed by atoms with Crippen LogP contribution in [-0.2, 0) is 10.3 Å². The molecule has 110 valence electrons. The summed E-state index contributed by atoms with van der Waals surface area (Å²) in [6, 6.07) is 4.97. The highest BCUT2D eigenvalue weighted by Crippen LogP contribution is 2.40. The van der Waals surface area contributed by atoms with E-state index in [1.807, 2.05) is 6.07 Å². The third-order valence-electron chi connectivity index (χ3n) is 3.67. The van der Waals surface area contributed by atoms with Gasteiger partial charge in [0.25, 0.3) is 0 Å². The van der Waals surface area contributed by atoms with Crippen molar-refractivity contribution in [2.45, 2.75) is 23.9 Å². The number of hydrogen-bond acceptors (Lipinski definition) is 8. The molecule has 2 aromatic heterocycles. The van der Waals surface area contributed by atoms with E-state index >= 15 is 0 Å². The lowest BCUT2D eigenvalue weighted by atomic mass is 9.92. The number of nitrogen functional groups attached to an aromatic ring is 1. The number of aliphatic hydroxyl groups excluding tert-OH is 3. The van der Waals surface area contributed by atoms with Crippen molar-refractivity contribution in [2.24, 2.45) is 0 Å². The monoisotopic (exact) mass is 291 g/mol. The average Bonchev–Trinajstić information content (AvgIpc) is 3.03. The Hall–Kier alpha value is -2.25. The Morgan fingerprint density at radius 2 is 2.24 bits per heavy atom. The molecule has 0 radical (unpaired) electrons. The molecule has 0 saturated carbocycles. The highest BCUT2D eigenvalue weighted by molar-refractivity contribution is 5.66. The van der Waals surface area contributed by atoms with E-state index in [4.69, 9.17) is 10.5 Å². The minimum absolute atomic E-state index is 0.205. The zero-order chi connectivity index (χ0) is 15.2. The van der Waals surface area contributed by atoms with Crippen LogP contribution < -0.4 is 5.73 Å². The Labute approximate surface area is 118 Å². The van der Waals surface area contributed by atoms with Gasteiger partial charge in [-0.1, -0.05) is 0 Å². The van der Waals surface area contributed by atoms with Crippen LogP contribution in [0.15, 0.2) is 18.5 Å². The number of fused-ring (bicyclic) bond motifs is 1. The SMILES string of the molecule is N#CC1(c2ccc3c(N)ncnn23)O[C@H](CO)[C@@H](O)[C@H]1O. The van der Waals surface area contributed by atoms with E-state index in [1.54, 1.807) is 6.07 Å². The van der Waals surface area contributed by atoms with Gasteiger partial charge in [0.05, 0.1) is 12.3 Å².